The molecule has 0 saturated heterocycles. The zero-order valence-electron chi connectivity index (χ0n) is 6.39. The van der Waals surface area contributed by atoms with Gasteiger partial charge >= 0.3 is 23.1 Å². The van der Waals surface area contributed by atoms with Gasteiger partial charge in [-0.3, -0.25) is 0 Å². The minimum Gasteiger partial charge on any atom is -1.00 e. The van der Waals surface area contributed by atoms with E-state index < -0.39 is 0 Å². The van der Waals surface area contributed by atoms with E-state index in [4.69, 9.17) is 4.74 Å². The zero-order valence-corrected chi connectivity index (χ0v) is 9.39. The minimum absolute atomic E-state index is 0. The van der Waals surface area contributed by atoms with Crippen LogP contribution in [0, 0.1) is 0 Å². The summed E-state index contributed by atoms with van der Waals surface area (Å²) < 4.78 is 4.77. The van der Waals surface area contributed by atoms with Gasteiger partial charge in [0.1, 0.15) is 0 Å². The second-order valence-electron chi connectivity index (χ2n) is 1.77. The molecule has 0 bridgehead atoms. The summed E-state index contributed by atoms with van der Waals surface area (Å²) >= 11 is 0. The van der Waals surface area contributed by atoms with Gasteiger partial charge in [0.2, 0.25) is 0 Å². The van der Waals surface area contributed by atoms with Crippen LogP contribution in [-0.2, 0) is 4.74 Å². The molecule has 56 valence electrons. The van der Waals surface area contributed by atoms with Crippen molar-refractivity contribution in [3.8, 4) is 0 Å². The summed E-state index contributed by atoms with van der Waals surface area (Å²) in [5.41, 5.74) is 1.08. The van der Waals surface area contributed by atoms with E-state index in [0.29, 0.717) is 0 Å². The van der Waals surface area contributed by atoms with Crippen LogP contribution in [-0.4, -0.2) is 36.3 Å². The van der Waals surface area contributed by atoms with Crippen LogP contribution in [0.4, 0.5) is 0 Å². The Morgan fingerprint density at radius 2 is 2.00 bits per heavy atom. The molecule has 0 aromatic heterocycles. The Labute approximate surface area is 88.6 Å². The Balaban J connectivity index is -0.000000245. The maximum absolute atomic E-state index is 9.76. The molecule has 2 nitrogen and oxygen atoms in total. The molecular weight excluding hydrogens is 208 g/mol. The molecule has 0 aliphatic rings. The first-order valence-electron chi connectivity index (χ1n) is 2.60. The summed E-state index contributed by atoms with van der Waals surface area (Å²) in [5, 5.41) is 9.76. The second kappa shape index (κ2) is 12.4. The smallest absolute Gasteiger partial charge is 1.00 e. The Kier molecular flexibility index (Phi) is 21.1. The van der Waals surface area contributed by atoms with Gasteiger partial charge in [0, 0.05) is 0 Å². The molecule has 0 unspecified atom stereocenters. The van der Waals surface area contributed by atoms with E-state index in [-0.39, 0.29) is 53.2 Å². The quantitative estimate of drug-likeness (QED) is 0.286. The number of hydrogen-bond donors (Lipinski definition) is 0. The third kappa shape index (κ3) is 15.9. The number of halogens is 1. The van der Waals surface area contributed by atoms with Gasteiger partial charge in [0.25, 0.3) is 0 Å². The van der Waals surface area contributed by atoms with Crippen LogP contribution in [0.3, 0.4) is 0 Å². The predicted molar refractivity (Wildman–Crippen MR) is 36.0 cm³/mol. The van der Waals surface area contributed by atoms with Gasteiger partial charge in [-0.25, -0.2) is 0 Å². The summed E-state index contributed by atoms with van der Waals surface area (Å²) in [6.07, 6.45) is 1.60. The van der Waals surface area contributed by atoms with Crippen LogP contribution >= 0.6 is 0 Å². The third-order valence-corrected chi connectivity index (χ3v) is 0.520. The van der Waals surface area contributed by atoms with Gasteiger partial charge < -0.3 is 26.8 Å². The largest absolute Gasteiger partial charge is 2.00 e. The van der Waals surface area contributed by atoms with Crippen molar-refractivity contribution < 1.29 is 26.8 Å². The average molecular weight is 219 g/mol. The summed E-state index contributed by atoms with van der Waals surface area (Å²) in [6, 6.07) is 0. The van der Waals surface area contributed by atoms with Gasteiger partial charge in [0.05, 0.1) is 12.9 Å². The average Bonchev–Trinajstić information content (AvgIpc) is 1.66. The van der Waals surface area contributed by atoms with Crippen molar-refractivity contribution >= 4 is 23.1 Å². The van der Waals surface area contributed by atoms with Crippen LogP contribution in [0.25, 0.3) is 0 Å². The molecule has 0 aliphatic heterocycles. The number of ether oxygens (including phenoxy) is 1. The molecule has 0 N–H and O–H groups in total. The predicted octanol–water partition coefficient (Wildman–Crippen LogP) is -3.09. The Hall–Kier alpha value is 0.746. The van der Waals surface area contributed by atoms with E-state index in [1.54, 1.807) is 6.26 Å². The van der Waals surface area contributed by atoms with Crippen molar-refractivity contribution in [1.82, 2.24) is 0 Å². The fourth-order valence-electron chi connectivity index (χ4n) is 0.274. The van der Waals surface area contributed by atoms with E-state index in [2.05, 4.69) is 0 Å². The van der Waals surface area contributed by atoms with Crippen LogP contribution < -0.4 is 22.1 Å². The fraction of sp³-hybridized carbons (Fsp3) is 0.667. The molecule has 0 saturated carbocycles. The molecule has 10 heavy (non-hydrogen) atoms. The van der Waals surface area contributed by atoms with Gasteiger partial charge in [-0.05, 0) is 19.4 Å². The first kappa shape index (κ1) is 17.0. The molecular formula is C6H11BrMgO2. The van der Waals surface area contributed by atoms with Gasteiger partial charge in [-0.15, -0.1) is 6.61 Å². The number of hydrogen-bond acceptors (Lipinski definition) is 2. The third-order valence-electron chi connectivity index (χ3n) is 0.520. The van der Waals surface area contributed by atoms with Crippen molar-refractivity contribution in [2.24, 2.45) is 0 Å². The van der Waals surface area contributed by atoms with E-state index in [9.17, 15) is 5.11 Å². The summed E-state index contributed by atoms with van der Waals surface area (Å²) in [5.74, 6) is 0. The molecule has 0 aliphatic carbocycles. The van der Waals surface area contributed by atoms with Crippen molar-refractivity contribution in [1.29, 1.82) is 0 Å². The molecule has 0 spiro atoms. The summed E-state index contributed by atoms with van der Waals surface area (Å²) in [7, 11) is 0. The summed E-state index contributed by atoms with van der Waals surface area (Å²) in [4.78, 5) is 0. The molecule has 0 aromatic carbocycles. The SMILES string of the molecule is CC(C)=COCC[O-].[Br-].[Mg+2]. The Morgan fingerprint density at radius 1 is 1.50 bits per heavy atom. The van der Waals surface area contributed by atoms with Crippen molar-refractivity contribution in [3.05, 3.63) is 11.8 Å². The van der Waals surface area contributed by atoms with Gasteiger partial charge in [0.15, 0.2) is 0 Å². The van der Waals surface area contributed by atoms with Crippen LogP contribution in [0.5, 0.6) is 0 Å². The molecule has 0 aromatic rings. The minimum atomic E-state index is -0.163. The zero-order chi connectivity index (χ0) is 6.41. The van der Waals surface area contributed by atoms with E-state index in [0.717, 1.165) is 5.57 Å². The maximum atomic E-state index is 9.76. The van der Waals surface area contributed by atoms with Gasteiger partial charge in [-0.1, -0.05) is 0 Å². The topological polar surface area (TPSA) is 32.3 Å². The molecule has 4 heteroatoms. The van der Waals surface area contributed by atoms with E-state index in [1.165, 1.54) is 0 Å². The van der Waals surface area contributed by atoms with Crippen molar-refractivity contribution in [2.75, 3.05) is 13.2 Å². The normalized spacial score (nSPS) is 6.70. The summed E-state index contributed by atoms with van der Waals surface area (Å²) in [6.45, 7) is 3.96. The molecule has 0 atom stereocenters. The van der Waals surface area contributed by atoms with E-state index >= 15 is 0 Å². The standard InChI is InChI=1S/C6H11O2.BrH.Mg/c1-6(2)5-8-4-3-7;;/h5H,3-4H2,1-2H3;1H;/q-1;;+2/p-1. The monoisotopic (exact) mass is 218 g/mol. The molecule has 0 amide bonds. The van der Waals surface area contributed by atoms with Gasteiger partial charge in [-0.2, -0.15) is 0 Å². The van der Waals surface area contributed by atoms with E-state index in [1.807, 2.05) is 13.8 Å². The Bertz CT molecular complexity index is 81.8. The molecule has 0 radical (unpaired) electrons. The van der Waals surface area contributed by atoms with Crippen LogP contribution in [0.2, 0.25) is 0 Å². The maximum Gasteiger partial charge on any atom is 2.00 e. The molecule has 0 fully saturated rings. The Morgan fingerprint density at radius 3 is 2.30 bits per heavy atom. The first-order valence-corrected chi connectivity index (χ1v) is 2.60. The van der Waals surface area contributed by atoms with Crippen molar-refractivity contribution in [3.63, 3.8) is 0 Å². The van der Waals surface area contributed by atoms with Crippen LogP contribution in [0.15, 0.2) is 11.8 Å². The molecule has 0 rings (SSSR count). The number of allylic oxidation sites excluding steroid dienone is 1. The van der Waals surface area contributed by atoms with Crippen LogP contribution in [0.1, 0.15) is 13.8 Å². The first-order chi connectivity index (χ1) is 3.77. The fourth-order valence-corrected chi connectivity index (χ4v) is 0.274. The number of rotatable bonds is 3. The van der Waals surface area contributed by atoms with Crippen molar-refractivity contribution in [2.45, 2.75) is 13.8 Å². The molecule has 0 heterocycles. The second-order valence-corrected chi connectivity index (χ2v) is 1.77.